The van der Waals surface area contributed by atoms with E-state index in [0.29, 0.717) is 17.9 Å². The Kier molecular flexibility index (Phi) is 4.91. The van der Waals surface area contributed by atoms with Gasteiger partial charge in [0.05, 0.1) is 12.6 Å². The number of rotatable bonds is 6. The van der Waals surface area contributed by atoms with Crippen LogP contribution in [0.15, 0.2) is 66.9 Å². The van der Waals surface area contributed by atoms with Crippen molar-refractivity contribution in [2.75, 3.05) is 5.32 Å². The van der Waals surface area contributed by atoms with Gasteiger partial charge < -0.3 is 10.4 Å². The molecule has 0 radical (unpaired) electrons. The highest BCUT2D eigenvalue weighted by Crippen LogP contribution is 2.17. The second-order valence-corrected chi connectivity index (χ2v) is 5.53. The molecule has 2 N–H and O–H groups in total. The van der Waals surface area contributed by atoms with Gasteiger partial charge in [-0.15, -0.1) is 0 Å². The fourth-order valence-electron chi connectivity index (χ4n) is 2.52. The van der Waals surface area contributed by atoms with Crippen LogP contribution >= 0.6 is 0 Å². The lowest BCUT2D eigenvalue weighted by atomic mass is 10.1. The maximum atomic E-state index is 12.2. The first-order chi connectivity index (χ1) is 11.7. The third-order valence-electron chi connectivity index (χ3n) is 3.78. The Hall–Kier alpha value is -3.08. The standard InChI is InChI=1S/C19H19N3O2/c23-17-9-5-4-8-16(17)14-19(24)21-18-10-12-20-22(18)13-11-15-6-2-1-3-7-15/h1-10,12,23H,11,13-14H2,(H,21,24). The SMILES string of the molecule is O=C(Cc1ccccc1O)Nc1ccnn1CCc1ccccc1. The van der Waals surface area contributed by atoms with E-state index in [1.807, 2.05) is 18.2 Å². The van der Waals surface area contributed by atoms with Crippen molar-refractivity contribution in [3.05, 3.63) is 78.0 Å². The number of phenols is 1. The van der Waals surface area contributed by atoms with E-state index < -0.39 is 0 Å². The van der Waals surface area contributed by atoms with Gasteiger partial charge in [-0.2, -0.15) is 5.10 Å². The summed E-state index contributed by atoms with van der Waals surface area (Å²) in [6.07, 6.45) is 2.63. The highest BCUT2D eigenvalue weighted by atomic mass is 16.3. The van der Waals surface area contributed by atoms with Crippen LogP contribution in [0.25, 0.3) is 0 Å². The Labute approximate surface area is 140 Å². The van der Waals surface area contributed by atoms with Crippen LogP contribution in [0.2, 0.25) is 0 Å². The average molecular weight is 321 g/mol. The Morgan fingerprint density at radius 1 is 1.04 bits per heavy atom. The highest BCUT2D eigenvalue weighted by molar-refractivity contribution is 5.91. The minimum absolute atomic E-state index is 0.122. The van der Waals surface area contributed by atoms with Gasteiger partial charge in [-0.3, -0.25) is 4.79 Å². The van der Waals surface area contributed by atoms with Crippen molar-refractivity contribution < 1.29 is 9.90 Å². The molecule has 0 fully saturated rings. The van der Waals surface area contributed by atoms with Gasteiger partial charge in [0.25, 0.3) is 0 Å². The number of carbonyl (C=O) groups excluding carboxylic acids is 1. The molecule has 24 heavy (non-hydrogen) atoms. The van der Waals surface area contributed by atoms with Gasteiger partial charge in [-0.1, -0.05) is 48.5 Å². The summed E-state index contributed by atoms with van der Waals surface area (Å²) in [6, 6.07) is 18.8. The molecule has 0 saturated carbocycles. The third kappa shape index (κ3) is 4.01. The van der Waals surface area contributed by atoms with Crippen molar-refractivity contribution in [3.63, 3.8) is 0 Å². The molecule has 1 heterocycles. The number of para-hydroxylation sites is 1. The molecule has 3 rings (SSSR count). The summed E-state index contributed by atoms with van der Waals surface area (Å²) >= 11 is 0. The third-order valence-corrected chi connectivity index (χ3v) is 3.78. The minimum atomic E-state index is -0.182. The average Bonchev–Trinajstić information content (AvgIpc) is 3.03. The highest BCUT2D eigenvalue weighted by Gasteiger charge is 2.10. The number of amides is 1. The second-order valence-electron chi connectivity index (χ2n) is 5.53. The molecule has 3 aromatic rings. The summed E-state index contributed by atoms with van der Waals surface area (Å²) in [5.74, 6) is 0.606. The topological polar surface area (TPSA) is 67.2 Å². The van der Waals surface area contributed by atoms with Gasteiger partial charge in [-0.05, 0) is 18.1 Å². The van der Waals surface area contributed by atoms with E-state index in [2.05, 4.69) is 22.5 Å². The molecule has 2 aromatic carbocycles. The van der Waals surface area contributed by atoms with Crippen LogP contribution in [-0.4, -0.2) is 20.8 Å². The number of hydrogen-bond donors (Lipinski definition) is 2. The molecule has 0 aliphatic rings. The van der Waals surface area contributed by atoms with Crippen LogP contribution in [0.1, 0.15) is 11.1 Å². The van der Waals surface area contributed by atoms with Crippen molar-refractivity contribution in [1.82, 2.24) is 9.78 Å². The number of nitrogens with zero attached hydrogens (tertiary/aromatic N) is 2. The first-order valence-electron chi connectivity index (χ1n) is 7.85. The van der Waals surface area contributed by atoms with Crippen LogP contribution in [0.3, 0.4) is 0 Å². The molecule has 0 saturated heterocycles. The Morgan fingerprint density at radius 3 is 2.58 bits per heavy atom. The monoisotopic (exact) mass is 321 g/mol. The zero-order valence-corrected chi connectivity index (χ0v) is 13.2. The molecule has 0 aliphatic carbocycles. The summed E-state index contributed by atoms with van der Waals surface area (Å²) in [4.78, 5) is 12.2. The number of anilines is 1. The quantitative estimate of drug-likeness (QED) is 0.733. The molecule has 0 spiro atoms. The molecular formula is C19H19N3O2. The summed E-state index contributed by atoms with van der Waals surface area (Å²) in [7, 11) is 0. The van der Waals surface area contributed by atoms with Crippen LogP contribution in [-0.2, 0) is 24.2 Å². The van der Waals surface area contributed by atoms with E-state index in [0.717, 1.165) is 6.42 Å². The number of hydrogen-bond acceptors (Lipinski definition) is 3. The number of phenolic OH excluding ortho intramolecular Hbond substituents is 1. The molecule has 1 amide bonds. The number of aromatic nitrogens is 2. The van der Waals surface area contributed by atoms with Crippen molar-refractivity contribution >= 4 is 11.7 Å². The second kappa shape index (κ2) is 7.46. The lowest BCUT2D eigenvalue weighted by Gasteiger charge is -2.10. The zero-order chi connectivity index (χ0) is 16.8. The molecule has 0 bridgehead atoms. The molecule has 0 atom stereocenters. The number of carbonyl (C=O) groups is 1. The van der Waals surface area contributed by atoms with Crippen molar-refractivity contribution in [1.29, 1.82) is 0 Å². The molecule has 5 nitrogen and oxygen atoms in total. The largest absolute Gasteiger partial charge is 0.508 e. The molecule has 5 heteroatoms. The maximum absolute atomic E-state index is 12.2. The van der Waals surface area contributed by atoms with Crippen molar-refractivity contribution in [2.45, 2.75) is 19.4 Å². The lowest BCUT2D eigenvalue weighted by molar-refractivity contribution is -0.115. The zero-order valence-electron chi connectivity index (χ0n) is 13.2. The number of nitrogens with one attached hydrogen (secondary N) is 1. The molecular weight excluding hydrogens is 302 g/mol. The molecule has 0 unspecified atom stereocenters. The Bertz CT molecular complexity index is 812. The van der Waals surface area contributed by atoms with E-state index in [-0.39, 0.29) is 18.1 Å². The van der Waals surface area contributed by atoms with Crippen LogP contribution in [0.4, 0.5) is 5.82 Å². The van der Waals surface area contributed by atoms with Crippen LogP contribution in [0, 0.1) is 0 Å². The Balaban J connectivity index is 1.61. The minimum Gasteiger partial charge on any atom is -0.508 e. The number of benzene rings is 2. The molecule has 0 aliphatic heterocycles. The predicted octanol–water partition coefficient (Wildman–Crippen LogP) is 3.01. The van der Waals surface area contributed by atoms with E-state index in [1.54, 1.807) is 41.2 Å². The smallest absolute Gasteiger partial charge is 0.230 e. The fraction of sp³-hybridized carbons (Fsp3) is 0.158. The molecule has 122 valence electrons. The van der Waals surface area contributed by atoms with Gasteiger partial charge in [0.1, 0.15) is 11.6 Å². The predicted molar refractivity (Wildman–Crippen MR) is 92.8 cm³/mol. The van der Waals surface area contributed by atoms with Gasteiger partial charge >= 0.3 is 0 Å². The summed E-state index contributed by atoms with van der Waals surface area (Å²) < 4.78 is 1.77. The van der Waals surface area contributed by atoms with E-state index in [4.69, 9.17) is 0 Å². The maximum Gasteiger partial charge on any atom is 0.230 e. The first kappa shape index (κ1) is 15.8. The number of aryl methyl sites for hydroxylation is 2. The van der Waals surface area contributed by atoms with Gasteiger partial charge in [0.15, 0.2) is 0 Å². The summed E-state index contributed by atoms with van der Waals surface area (Å²) in [5, 5.41) is 16.9. The lowest BCUT2D eigenvalue weighted by Crippen LogP contribution is -2.18. The van der Waals surface area contributed by atoms with E-state index in [1.165, 1.54) is 5.56 Å². The summed E-state index contributed by atoms with van der Waals surface area (Å²) in [5.41, 5.74) is 1.82. The summed E-state index contributed by atoms with van der Waals surface area (Å²) in [6.45, 7) is 0.684. The van der Waals surface area contributed by atoms with Crippen molar-refractivity contribution in [3.8, 4) is 5.75 Å². The fourth-order valence-corrected chi connectivity index (χ4v) is 2.52. The number of aromatic hydroxyl groups is 1. The normalized spacial score (nSPS) is 10.5. The van der Waals surface area contributed by atoms with Crippen LogP contribution < -0.4 is 5.32 Å². The van der Waals surface area contributed by atoms with Gasteiger partial charge in [0.2, 0.25) is 5.91 Å². The van der Waals surface area contributed by atoms with Crippen molar-refractivity contribution in [2.24, 2.45) is 0 Å². The molecule has 1 aromatic heterocycles. The van der Waals surface area contributed by atoms with Gasteiger partial charge in [-0.25, -0.2) is 4.68 Å². The first-order valence-corrected chi connectivity index (χ1v) is 7.85. The van der Waals surface area contributed by atoms with E-state index >= 15 is 0 Å². The van der Waals surface area contributed by atoms with E-state index in [9.17, 15) is 9.90 Å². The Morgan fingerprint density at radius 2 is 1.79 bits per heavy atom. The van der Waals surface area contributed by atoms with Gasteiger partial charge in [0, 0.05) is 18.2 Å². The van der Waals surface area contributed by atoms with Crippen LogP contribution in [0.5, 0.6) is 5.75 Å².